The third-order valence-electron chi connectivity index (χ3n) is 3.85. The van der Waals surface area contributed by atoms with E-state index in [1.807, 2.05) is 13.8 Å². The lowest BCUT2D eigenvalue weighted by Gasteiger charge is -2.29. The highest BCUT2D eigenvalue weighted by Gasteiger charge is 2.17. The SMILES string of the molecule is CC(C)n1ncc(NCC2CCN(C)CC2)c(Br)c1=O. The number of aromatic nitrogens is 2. The summed E-state index contributed by atoms with van der Waals surface area (Å²) in [6.45, 7) is 7.11. The summed E-state index contributed by atoms with van der Waals surface area (Å²) in [5.74, 6) is 0.672. The maximum absolute atomic E-state index is 12.1. The first-order valence-corrected chi connectivity index (χ1v) is 7.98. The van der Waals surface area contributed by atoms with Crippen LogP contribution in [0.1, 0.15) is 32.7 Å². The van der Waals surface area contributed by atoms with Crippen molar-refractivity contribution in [1.29, 1.82) is 0 Å². The molecular formula is C14H23BrN4O. The van der Waals surface area contributed by atoms with E-state index in [-0.39, 0.29) is 11.6 Å². The molecule has 1 aliphatic heterocycles. The minimum Gasteiger partial charge on any atom is -0.382 e. The van der Waals surface area contributed by atoms with Gasteiger partial charge in [0.25, 0.3) is 5.56 Å². The molecule has 0 aromatic carbocycles. The Balaban J connectivity index is 2.00. The molecule has 1 saturated heterocycles. The van der Waals surface area contributed by atoms with E-state index in [1.54, 1.807) is 6.20 Å². The number of nitrogens with one attached hydrogen (secondary N) is 1. The lowest BCUT2D eigenvalue weighted by Crippen LogP contribution is -2.33. The molecule has 2 rings (SSSR count). The second-order valence-corrected chi connectivity index (χ2v) is 6.64. The van der Waals surface area contributed by atoms with Crippen LogP contribution in [0.25, 0.3) is 0 Å². The molecule has 0 spiro atoms. The van der Waals surface area contributed by atoms with E-state index in [9.17, 15) is 4.79 Å². The Bertz CT molecular complexity index is 506. The molecule has 0 radical (unpaired) electrons. The van der Waals surface area contributed by atoms with E-state index in [1.165, 1.54) is 17.5 Å². The number of hydrogen-bond acceptors (Lipinski definition) is 4. The van der Waals surface area contributed by atoms with Gasteiger partial charge in [-0.1, -0.05) is 0 Å². The highest BCUT2D eigenvalue weighted by atomic mass is 79.9. The van der Waals surface area contributed by atoms with Crippen LogP contribution in [0, 0.1) is 5.92 Å². The first-order chi connectivity index (χ1) is 9.49. The quantitative estimate of drug-likeness (QED) is 0.912. The molecule has 1 N–H and O–H groups in total. The number of hydrogen-bond donors (Lipinski definition) is 1. The molecule has 6 heteroatoms. The zero-order chi connectivity index (χ0) is 14.7. The van der Waals surface area contributed by atoms with Crippen LogP contribution in [-0.4, -0.2) is 41.4 Å². The van der Waals surface area contributed by atoms with Crippen molar-refractivity contribution in [3.05, 3.63) is 21.0 Å². The molecule has 1 aliphatic rings. The predicted octanol–water partition coefficient (Wildman–Crippen LogP) is 2.34. The standard InChI is InChI=1S/C14H23BrN4O/c1-10(2)19-14(20)13(15)12(9-17-19)16-8-11-4-6-18(3)7-5-11/h9-11,16H,4-8H2,1-3H3. The van der Waals surface area contributed by atoms with E-state index in [0.717, 1.165) is 25.3 Å². The first-order valence-electron chi connectivity index (χ1n) is 7.18. The Morgan fingerprint density at radius 3 is 2.70 bits per heavy atom. The molecule has 20 heavy (non-hydrogen) atoms. The second-order valence-electron chi connectivity index (χ2n) is 5.84. The predicted molar refractivity (Wildman–Crippen MR) is 85.3 cm³/mol. The first kappa shape index (κ1) is 15.5. The molecule has 0 aliphatic carbocycles. The van der Waals surface area contributed by atoms with Gasteiger partial charge < -0.3 is 10.2 Å². The molecule has 1 aromatic rings. The molecule has 112 valence electrons. The van der Waals surface area contributed by atoms with E-state index in [4.69, 9.17) is 0 Å². The third kappa shape index (κ3) is 3.61. The van der Waals surface area contributed by atoms with Gasteiger partial charge >= 0.3 is 0 Å². The molecule has 1 fully saturated rings. The summed E-state index contributed by atoms with van der Waals surface area (Å²) >= 11 is 3.39. The van der Waals surface area contributed by atoms with Gasteiger partial charge in [-0.3, -0.25) is 4.79 Å². The lowest BCUT2D eigenvalue weighted by molar-refractivity contribution is 0.226. The average molecular weight is 343 g/mol. The highest BCUT2D eigenvalue weighted by molar-refractivity contribution is 9.10. The van der Waals surface area contributed by atoms with Gasteiger partial charge in [0.05, 0.1) is 17.9 Å². The van der Waals surface area contributed by atoms with Gasteiger partial charge in [0.2, 0.25) is 0 Å². The molecule has 0 atom stereocenters. The fourth-order valence-electron chi connectivity index (χ4n) is 2.46. The van der Waals surface area contributed by atoms with Crippen LogP contribution in [-0.2, 0) is 0 Å². The Kier molecular flexibility index (Phi) is 5.21. The molecule has 0 bridgehead atoms. The van der Waals surface area contributed by atoms with Crippen molar-refractivity contribution in [2.24, 2.45) is 5.92 Å². The maximum Gasteiger partial charge on any atom is 0.283 e. The lowest BCUT2D eigenvalue weighted by atomic mass is 9.97. The number of piperidine rings is 1. The van der Waals surface area contributed by atoms with Gasteiger partial charge in [-0.15, -0.1) is 0 Å². The van der Waals surface area contributed by atoms with Gasteiger partial charge in [0.15, 0.2) is 0 Å². The van der Waals surface area contributed by atoms with Crippen molar-refractivity contribution in [3.63, 3.8) is 0 Å². The van der Waals surface area contributed by atoms with Crippen LogP contribution in [0.2, 0.25) is 0 Å². The van der Waals surface area contributed by atoms with Crippen LogP contribution in [0.3, 0.4) is 0 Å². The molecular weight excluding hydrogens is 320 g/mol. The maximum atomic E-state index is 12.1. The Morgan fingerprint density at radius 2 is 2.10 bits per heavy atom. The van der Waals surface area contributed by atoms with Gasteiger partial charge in [-0.05, 0) is 68.7 Å². The molecule has 1 aromatic heterocycles. The van der Waals surface area contributed by atoms with Crippen molar-refractivity contribution in [2.45, 2.75) is 32.7 Å². The Morgan fingerprint density at radius 1 is 1.45 bits per heavy atom. The minimum absolute atomic E-state index is 0.0710. The second kappa shape index (κ2) is 6.72. The fourth-order valence-corrected chi connectivity index (χ4v) is 2.88. The molecule has 0 amide bonds. The van der Waals surface area contributed by atoms with Crippen LogP contribution >= 0.6 is 15.9 Å². The number of nitrogens with zero attached hydrogens (tertiary/aromatic N) is 3. The van der Waals surface area contributed by atoms with E-state index in [0.29, 0.717) is 10.4 Å². The number of rotatable bonds is 4. The monoisotopic (exact) mass is 342 g/mol. The molecule has 0 unspecified atom stereocenters. The summed E-state index contributed by atoms with van der Waals surface area (Å²) in [7, 11) is 2.16. The third-order valence-corrected chi connectivity index (χ3v) is 4.62. The number of halogens is 1. The zero-order valence-electron chi connectivity index (χ0n) is 12.4. The van der Waals surface area contributed by atoms with Crippen LogP contribution in [0.15, 0.2) is 15.5 Å². The summed E-state index contributed by atoms with van der Waals surface area (Å²) in [6, 6.07) is 0.0710. The van der Waals surface area contributed by atoms with Crippen LogP contribution in [0.4, 0.5) is 5.69 Å². The topological polar surface area (TPSA) is 50.2 Å². The van der Waals surface area contributed by atoms with Gasteiger partial charge in [-0.25, -0.2) is 4.68 Å². The molecule has 5 nitrogen and oxygen atoms in total. The highest BCUT2D eigenvalue weighted by Crippen LogP contribution is 2.20. The smallest absolute Gasteiger partial charge is 0.283 e. The van der Waals surface area contributed by atoms with Crippen molar-refractivity contribution >= 4 is 21.6 Å². The van der Waals surface area contributed by atoms with Gasteiger partial charge in [-0.2, -0.15) is 5.10 Å². The zero-order valence-corrected chi connectivity index (χ0v) is 14.0. The number of likely N-dealkylation sites (tertiary alicyclic amines) is 1. The van der Waals surface area contributed by atoms with E-state index in [2.05, 4.69) is 38.3 Å². The normalized spacial score (nSPS) is 17.6. The summed E-state index contributed by atoms with van der Waals surface area (Å²) in [5.41, 5.74) is 0.721. The molecule has 2 heterocycles. The summed E-state index contributed by atoms with van der Waals surface area (Å²) in [5, 5.41) is 7.58. The summed E-state index contributed by atoms with van der Waals surface area (Å²) in [6.07, 6.45) is 4.15. The van der Waals surface area contributed by atoms with E-state index < -0.39 is 0 Å². The average Bonchev–Trinajstić information content (AvgIpc) is 2.42. The number of anilines is 1. The van der Waals surface area contributed by atoms with Crippen molar-refractivity contribution in [1.82, 2.24) is 14.7 Å². The van der Waals surface area contributed by atoms with Gasteiger partial charge in [0.1, 0.15) is 4.47 Å². The fraction of sp³-hybridized carbons (Fsp3) is 0.714. The van der Waals surface area contributed by atoms with E-state index >= 15 is 0 Å². The Hall–Kier alpha value is -0.880. The van der Waals surface area contributed by atoms with Crippen LogP contribution in [0.5, 0.6) is 0 Å². The summed E-state index contributed by atoms with van der Waals surface area (Å²) < 4.78 is 2.07. The van der Waals surface area contributed by atoms with Crippen molar-refractivity contribution in [3.8, 4) is 0 Å². The van der Waals surface area contributed by atoms with Crippen molar-refractivity contribution < 1.29 is 0 Å². The Labute approximate surface area is 128 Å². The summed E-state index contributed by atoms with van der Waals surface area (Å²) in [4.78, 5) is 14.5. The minimum atomic E-state index is -0.0756. The van der Waals surface area contributed by atoms with Crippen LogP contribution < -0.4 is 10.9 Å². The van der Waals surface area contributed by atoms with Gasteiger partial charge in [0, 0.05) is 6.54 Å². The largest absolute Gasteiger partial charge is 0.382 e. The van der Waals surface area contributed by atoms with Crippen molar-refractivity contribution in [2.75, 3.05) is 32.0 Å². The molecule has 0 saturated carbocycles.